The van der Waals surface area contributed by atoms with Crippen molar-refractivity contribution in [2.24, 2.45) is 5.92 Å². The number of rotatable bonds is 39. The molecule has 0 saturated heterocycles. The van der Waals surface area contributed by atoms with E-state index in [0.29, 0.717) is 19.3 Å². The molecule has 0 heterocycles. The molecule has 0 aromatic carbocycles. The number of carbonyl (C=O) groups excluding carboxylic acids is 2. The molecule has 312 valence electrons. The largest absolute Gasteiger partial charge is 0.463 e. The van der Waals surface area contributed by atoms with Crippen LogP contribution < -0.4 is 0 Å². The van der Waals surface area contributed by atoms with Crippen LogP contribution in [0.5, 0.6) is 0 Å². The van der Waals surface area contributed by atoms with Crippen LogP contribution in [0.2, 0.25) is 0 Å². The van der Waals surface area contributed by atoms with Crippen LogP contribution in [0.3, 0.4) is 0 Å². The Morgan fingerprint density at radius 2 is 0.907 bits per heavy atom. The van der Waals surface area contributed by atoms with Crippen molar-refractivity contribution in [2.45, 2.75) is 213 Å². The first kappa shape index (κ1) is 51.6. The van der Waals surface area contributed by atoms with E-state index in [9.17, 15) is 19.8 Å². The topological polar surface area (TPSA) is 93.1 Å². The van der Waals surface area contributed by atoms with Crippen molar-refractivity contribution in [2.75, 3.05) is 13.2 Å². The zero-order valence-corrected chi connectivity index (χ0v) is 35.2. The Morgan fingerprint density at radius 3 is 1.37 bits per heavy atom. The second kappa shape index (κ2) is 41.7. The summed E-state index contributed by atoms with van der Waals surface area (Å²) < 4.78 is 10.3. The Hall–Kier alpha value is -2.44. The van der Waals surface area contributed by atoms with Crippen molar-refractivity contribution < 1.29 is 29.3 Å². The molecule has 6 nitrogen and oxygen atoms in total. The van der Waals surface area contributed by atoms with Crippen molar-refractivity contribution in [3.63, 3.8) is 0 Å². The van der Waals surface area contributed by atoms with Gasteiger partial charge in [-0.1, -0.05) is 204 Å². The normalized spacial score (nSPS) is 13.9. The average Bonchev–Trinajstić information content (AvgIpc) is 3.17. The van der Waals surface area contributed by atoms with E-state index in [1.807, 2.05) is 18.2 Å². The van der Waals surface area contributed by atoms with Crippen molar-refractivity contribution in [1.82, 2.24) is 0 Å². The Balaban J connectivity index is 3.56. The monoisotopic (exact) mass is 757 g/mol. The zero-order chi connectivity index (χ0) is 39.6. The fraction of sp³-hybridized carbons (Fsp3) is 0.750. The summed E-state index contributed by atoms with van der Waals surface area (Å²) in [6.07, 6.45) is 50.3. The van der Waals surface area contributed by atoms with Gasteiger partial charge in [-0.15, -0.1) is 0 Å². The lowest BCUT2D eigenvalue weighted by Crippen LogP contribution is -2.25. The maximum absolute atomic E-state index is 12.0. The van der Waals surface area contributed by atoms with Gasteiger partial charge in [0.25, 0.3) is 0 Å². The van der Waals surface area contributed by atoms with E-state index in [4.69, 9.17) is 9.47 Å². The van der Waals surface area contributed by atoms with Gasteiger partial charge < -0.3 is 19.7 Å². The van der Waals surface area contributed by atoms with Gasteiger partial charge in [0.2, 0.25) is 0 Å². The van der Waals surface area contributed by atoms with Gasteiger partial charge in [-0.05, 0) is 50.9 Å². The van der Waals surface area contributed by atoms with E-state index >= 15 is 0 Å². The summed E-state index contributed by atoms with van der Waals surface area (Å²) >= 11 is 0. The number of aliphatic hydroxyl groups excluding tert-OH is 2. The van der Waals surface area contributed by atoms with E-state index in [1.54, 1.807) is 6.08 Å². The van der Waals surface area contributed by atoms with Gasteiger partial charge >= 0.3 is 11.9 Å². The molecule has 0 bridgehead atoms. The molecular weight excluding hydrogens is 673 g/mol. The Bertz CT molecular complexity index is 980. The van der Waals surface area contributed by atoms with Crippen LogP contribution in [0, 0.1) is 5.92 Å². The Morgan fingerprint density at radius 1 is 0.500 bits per heavy atom. The summed E-state index contributed by atoms with van der Waals surface area (Å²) in [6, 6.07) is 0. The van der Waals surface area contributed by atoms with Crippen LogP contribution in [0.25, 0.3) is 0 Å². The molecule has 0 fully saturated rings. The van der Waals surface area contributed by atoms with Crippen LogP contribution >= 0.6 is 0 Å². The highest BCUT2D eigenvalue weighted by Gasteiger charge is 2.12. The fourth-order valence-electron chi connectivity index (χ4n) is 6.15. The minimum absolute atomic E-state index is 0.153. The summed E-state index contributed by atoms with van der Waals surface area (Å²) in [7, 11) is 0. The molecule has 0 aromatic rings. The molecule has 0 saturated carbocycles. The predicted molar refractivity (Wildman–Crippen MR) is 229 cm³/mol. The highest BCUT2D eigenvalue weighted by molar-refractivity contribution is 5.69. The van der Waals surface area contributed by atoms with Crippen LogP contribution in [0.4, 0.5) is 0 Å². The second-order valence-electron chi connectivity index (χ2n) is 15.2. The first-order chi connectivity index (χ1) is 26.4. The third-order valence-electron chi connectivity index (χ3n) is 9.91. The van der Waals surface area contributed by atoms with Gasteiger partial charge in [0, 0.05) is 12.8 Å². The van der Waals surface area contributed by atoms with Gasteiger partial charge in [-0.25, -0.2) is 0 Å². The minimum atomic E-state index is -1.04. The van der Waals surface area contributed by atoms with Crippen molar-refractivity contribution in [3.05, 3.63) is 60.8 Å². The summed E-state index contributed by atoms with van der Waals surface area (Å²) in [6.45, 7) is 6.43. The number of hydrogen-bond donors (Lipinski definition) is 2. The lowest BCUT2D eigenvalue weighted by atomic mass is 9.99. The molecule has 54 heavy (non-hydrogen) atoms. The van der Waals surface area contributed by atoms with Gasteiger partial charge in [0.05, 0.1) is 6.10 Å². The molecule has 0 aliphatic rings. The fourth-order valence-corrected chi connectivity index (χ4v) is 6.15. The molecule has 0 aliphatic carbocycles. The van der Waals surface area contributed by atoms with E-state index < -0.39 is 18.2 Å². The van der Waals surface area contributed by atoms with Crippen molar-refractivity contribution in [3.8, 4) is 0 Å². The standard InChI is InChI=1S/C48H84O6/c1-4-6-7-8-9-10-11-18-22-25-28-31-34-38-45(49)39-36-41-48(52)54-43-46(50)42-53-47(51)40-35-32-29-26-23-20-17-15-13-12-14-16-19-21-24-27-30-33-37-44(3)5-2/h6-7,9-10,18,22,28,31,34,38,44-46,49-50H,4-5,8,11-17,19-21,23-27,29-30,32-33,35-37,39-43H2,1-3H3/b7-6-,10-9-,22-18-,31-28-,38-34+/t44?,45?,46-/m1/s1. The van der Waals surface area contributed by atoms with Gasteiger partial charge in [-0.2, -0.15) is 0 Å². The number of carbonyl (C=O) groups is 2. The smallest absolute Gasteiger partial charge is 0.305 e. The SMILES string of the molecule is CC/C=C\C/C=C\C/C=C\C/C=C\C=C\C(O)CCCC(=O)OC[C@H](O)COC(=O)CCCCCCCCCCCCCCCCCCCCC(C)CC. The number of aliphatic hydroxyl groups is 2. The lowest BCUT2D eigenvalue weighted by molar-refractivity contribution is -0.152. The van der Waals surface area contributed by atoms with Crippen LogP contribution in [-0.4, -0.2) is 47.6 Å². The molecular formula is C48H84O6. The predicted octanol–water partition coefficient (Wildman–Crippen LogP) is 13.2. The Labute approximate surface area is 333 Å². The van der Waals surface area contributed by atoms with E-state index in [0.717, 1.165) is 50.9 Å². The van der Waals surface area contributed by atoms with Gasteiger partial charge in [-0.3, -0.25) is 9.59 Å². The zero-order valence-electron chi connectivity index (χ0n) is 35.2. The lowest BCUT2D eigenvalue weighted by Gasteiger charge is -2.12. The summed E-state index contributed by atoms with van der Waals surface area (Å²) in [4.78, 5) is 24.0. The first-order valence-electron chi connectivity index (χ1n) is 22.3. The van der Waals surface area contributed by atoms with E-state index in [1.165, 1.54) is 109 Å². The number of allylic oxidation sites excluding steroid dienone is 9. The quantitative estimate of drug-likeness (QED) is 0.0281. The molecule has 0 spiro atoms. The number of hydrogen-bond acceptors (Lipinski definition) is 6. The van der Waals surface area contributed by atoms with Crippen LogP contribution in [0.1, 0.15) is 201 Å². The summed E-state index contributed by atoms with van der Waals surface area (Å²) in [5.74, 6) is 0.149. The van der Waals surface area contributed by atoms with Crippen molar-refractivity contribution in [1.29, 1.82) is 0 Å². The van der Waals surface area contributed by atoms with Crippen LogP contribution in [-0.2, 0) is 19.1 Å². The molecule has 0 rings (SSSR count). The second-order valence-corrected chi connectivity index (χ2v) is 15.2. The molecule has 0 amide bonds. The molecule has 0 aliphatic heterocycles. The van der Waals surface area contributed by atoms with Crippen LogP contribution in [0.15, 0.2) is 60.8 Å². The average molecular weight is 757 g/mol. The summed E-state index contributed by atoms with van der Waals surface area (Å²) in [5.41, 5.74) is 0. The summed E-state index contributed by atoms with van der Waals surface area (Å²) in [5, 5.41) is 20.1. The Kier molecular flexibility index (Phi) is 39.8. The highest BCUT2D eigenvalue weighted by atomic mass is 16.6. The van der Waals surface area contributed by atoms with E-state index in [-0.39, 0.29) is 25.6 Å². The number of esters is 2. The first-order valence-corrected chi connectivity index (χ1v) is 22.3. The highest BCUT2D eigenvalue weighted by Crippen LogP contribution is 2.17. The maximum Gasteiger partial charge on any atom is 0.305 e. The molecule has 0 radical (unpaired) electrons. The van der Waals surface area contributed by atoms with Gasteiger partial charge in [0.15, 0.2) is 0 Å². The molecule has 6 heteroatoms. The number of ether oxygens (including phenoxy) is 2. The molecule has 2 unspecified atom stereocenters. The third kappa shape index (κ3) is 40.7. The number of unbranched alkanes of at least 4 members (excludes halogenated alkanes) is 17. The third-order valence-corrected chi connectivity index (χ3v) is 9.91. The molecule has 0 aromatic heterocycles. The van der Waals surface area contributed by atoms with Gasteiger partial charge in [0.1, 0.15) is 19.3 Å². The van der Waals surface area contributed by atoms with Crippen molar-refractivity contribution >= 4 is 11.9 Å². The molecule has 3 atom stereocenters. The maximum atomic E-state index is 12.0. The van der Waals surface area contributed by atoms with E-state index in [2.05, 4.69) is 57.2 Å². The minimum Gasteiger partial charge on any atom is -0.463 e. The molecule has 2 N–H and O–H groups in total.